The highest BCUT2D eigenvalue weighted by Crippen LogP contribution is 2.34. The van der Waals surface area contributed by atoms with Crippen molar-refractivity contribution in [3.05, 3.63) is 60.4 Å². The van der Waals surface area contributed by atoms with Crippen LogP contribution in [0.25, 0.3) is 17.2 Å². The minimum absolute atomic E-state index is 0.694. The van der Waals surface area contributed by atoms with E-state index in [2.05, 4.69) is 58.9 Å². The molecule has 1 aromatic carbocycles. The Balaban J connectivity index is 1.47. The van der Waals surface area contributed by atoms with E-state index in [1.165, 1.54) is 30.4 Å². The van der Waals surface area contributed by atoms with Crippen molar-refractivity contribution in [2.24, 2.45) is 5.92 Å². The van der Waals surface area contributed by atoms with Gasteiger partial charge in [-0.3, -0.25) is 4.98 Å². The third-order valence-corrected chi connectivity index (χ3v) is 4.76. The summed E-state index contributed by atoms with van der Waals surface area (Å²) in [5, 5.41) is 3.67. The van der Waals surface area contributed by atoms with Crippen LogP contribution in [0.15, 0.2) is 54.7 Å². The van der Waals surface area contributed by atoms with E-state index in [0.717, 1.165) is 11.7 Å². The summed E-state index contributed by atoms with van der Waals surface area (Å²) in [7, 11) is 0. The maximum absolute atomic E-state index is 4.57. The largest absolute Gasteiger partial charge is 0.311 e. The first-order valence-corrected chi connectivity index (χ1v) is 7.84. The summed E-state index contributed by atoms with van der Waals surface area (Å²) in [6.07, 6.45) is 10.5. The predicted octanol–water partition coefficient (Wildman–Crippen LogP) is 3.90. The van der Waals surface area contributed by atoms with Gasteiger partial charge in [0.15, 0.2) is 0 Å². The predicted molar refractivity (Wildman–Crippen MR) is 86.8 cm³/mol. The van der Waals surface area contributed by atoms with Gasteiger partial charge in [0.25, 0.3) is 0 Å². The Labute approximate surface area is 125 Å². The van der Waals surface area contributed by atoms with E-state index in [4.69, 9.17) is 0 Å². The minimum atomic E-state index is 0.694. The van der Waals surface area contributed by atoms with Crippen LogP contribution in [0, 0.1) is 5.92 Å². The number of hydrogen-bond donors (Lipinski definition) is 1. The maximum atomic E-state index is 4.57. The number of pyridine rings is 1. The third-order valence-electron chi connectivity index (χ3n) is 4.76. The highest BCUT2D eigenvalue weighted by atomic mass is 15.0. The first-order chi connectivity index (χ1) is 10.4. The average molecular weight is 276 g/mol. The Morgan fingerprint density at radius 3 is 2.57 bits per heavy atom. The highest BCUT2D eigenvalue weighted by molar-refractivity contribution is 5.63. The van der Waals surface area contributed by atoms with Crippen molar-refractivity contribution in [3.8, 4) is 11.1 Å². The van der Waals surface area contributed by atoms with Crippen LogP contribution in [0.1, 0.15) is 25.0 Å². The maximum Gasteiger partial charge on any atom is 0.0627 e. The molecule has 2 saturated heterocycles. The molecule has 2 aliphatic rings. The summed E-state index contributed by atoms with van der Waals surface area (Å²) < 4.78 is 0. The van der Waals surface area contributed by atoms with E-state index in [1.54, 1.807) is 0 Å². The second kappa shape index (κ2) is 5.45. The van der Waals surface area contributed by atoms with Crippen LogP contribution in [0.5, 0.6) is 0 Å². The zero-order chi connectivity index (χ0) is 14.1. The Morgan fingerprint density at radius 2 is 1.90 bits per heavy atom. The van der Waals surface area contributed by atoms with Gasteiger partial charge in [0.1, 0.15) is 0 Å². The summed E-state index contributed by atoms with van der Waals surface area (Å²) in [6.45, 7) is 0. The van der Waals surface area contributed by atoms with Gasteiger partial charge >= 0.3 is 0 Å². The molecule has 3 heterocycles. The fourth-order valence-electron chi connectivity index (χ4n) is 3.61. The molecule has 0 amide bonds. The van der Waals surface area contributed by atoms with Gasteiger partial charge in [0, 0.05) is 23.8 Å². The molecular weight excluding hydrogens is 256 g/mol. The number of nitrogens with zero attached hydrogens (tertiary/aromatic N) is 1. The Kier molecular flexibility index (Phi) is 3.32. The molecule has 2 aromatic rings. The number of rotatable bonds is 3. The third kappa shape index (κ3) is 2.64. The highest BCUT2D eigenvalue weighted by Gasteiger charge is 2.37. The molecule has 2 fully saturated rings. The van der Waals surface area contributed by atoms with Crippen molar-refractivity contribution in [1.29, 1.82) is 0 Å². The zero-order valence-electron chi connectivity index (χ0n) is 12.1. The zero-order valence-corrected chi connectivity index (χ0v) is 12.1. The van der Waals surface area contributed by atoms with Crippen LogP contribution < -0.4 is 5.32 Å². The molecule has 2 heteroatoms. The van der Waals surface area contributed by atoms with Gasteiger partial charge in [-0.05, 0) is 42.9 Å². The first kappa shape index (κ1) is 12.8. The quantitative estimate of drug-likeness (QED) is 0.919. The van der Waals surface area contributed by atoms with Crippen molar-refractivity contribution >= 4 is 6.08 Å². The summed E-state index contributed by atoms with van der Waals surface area (Å²) in [6, 6.07) is 16.1. The molecule has 1 N–H and O–H groups in total. The Morgan fingerprint density at radius 1 is 1.00 bits per heavy atom. The van der Waals surface area contributed by atoms with Crippen LogP contribution in [0.4, 0.5) is 0 Å². The van der Waals surface area contributed by atoms with E-state index < -0.39 is 0 Å². The monoisotopic (exact) mass is 276 g/mol. The molecule has 3 unspecified atom stereocenters. The summed E-state index contributed by atoms with van der Waals surface area (Å²) >= 11 is 0. The number of hydrogen-bond acceptors (Lipinski definition) is 2. The van der Waals surface area contributed by atoms with Crippen LogP contribution in [-0.2, 0) is 0 Å². The fraction of sp³-hybridized carbons (Fsp3) is 0.316. The second-order valence-electron chi connectivity index (χ2n) is 6.14. The molecule has 4 rings (SSSR count). The van der Waals surface area contributed by atoms with Crippen molar-refractivity contribution in [3.63, 3.8) is 0 Å². The summed E-state index contributed by atoms with van der Waals surface area (Å²) in [5.74, 6) is 0.694. The van der Waals surface area contributed by atoms with Crippen molar-refractivity contribution in [2.45, 2.75) is 31.3 Å². The molecule has 21 heavy (non-hydrogen) atoms. The molecule has 0 radical (unpaired) electrons. The minimum Gasteiger partial charge on any atom is -0.311 e. The molecule has 0 spiro atoms. The number of benzene rings is 1. The summed E-state index contributed by atoms with van der Waals surface area (Å²) in [4.78, 5) is 4.57. The van der Waals surface area contributed by atoms with Gasteiger partial charge in [0.05, 0.1) is 5.69 Å². The molecule has 0 aliphatic carbocycles. The molecule has 106 valence electrons. The van der Waals surface area contributed by atoms with Crippen molar-refractivity contribution < 1.29 is 0 Å². The molecular formula is C19H20N2. The summed E-state index contributed by atoms with van der Waals surface area (Å²) in [5.41, 5.74) is 3.45. The lowest BCUT2D eigenvalue weighted by Gasteiger charge is -2.15. The van der Waals surface area contributed by atoms with Crippen LogP contribution in [0.3, 0.4) is 0 Å². The van der Waals surface area contributed by atoms with Gasteiger partial charge < -0.3 is 5.32 Å². The van der Waals surface area contributed by atoms with E-state index in [9.17, 15) is 0 Å². The lowest BCUT2D eigenvalue weighted by atomic mass is 9.89. The van der Waals surface area contributed by atoms with Crippen LogP contribution in [0.2, 0.25) is 0 Å². The topological polar surface area (TPSA) is 24.9 Å². The first-order valence-electron chi connectivity index (χ1n) is 7.84. The molecule has 3 atom stereocenters. The van der Waals surface area contributed by atoms with E-state index in [1.807, 2.05) is 12.3 Å². The van der Waals surface area contributed by atoms with Gasteiger partial charge in [-0.1, -0.05) is 42.5 Å². The molecule has 2 aliphatic heterocycles. The van der Waals surface area contributed by atoms with Crippen LogP contribution in [-0.4, -0.2) is 17.1 Å². The number of nitrogens with one attached hydrogen (secondary N) is 1. The van der Waals surface area contributed by atoms with E-state index in [0.29, 0.717) is 12.0 Å². The van der Waals surface area contributed by atoms with Gasteiger partial charge in [-0.15, -0.1) is 0 Å². The van der Waals surface area contributed by atoms with E-state index in [-0.39, 0.29) is 0 Å². The molecule has 2 nitrogen and oxygen atoms in total. The smallest absolute Gasteiger partial charge is 0.0627 e. The van der Waals surface area contributed by atoms with Gasteiger partial charge in [-0.25, -0.2) is 0 Å². The number of fused-ring (bicyclic) bond motifs is 2. The van der Waals surface area contributed by atoms with E-state index >= 15 is 0 Å². The van der Waals surface area contributed by atoms with Crippen molar-refractivity contribution in [1.82, 2.24) is 10.3 Å². The Hall–Kier alpha value is -1.93. The number of aromatic nitrogens is 1. The fourth-order valence-corrected chi connectivity index (χ4v) is 3.61. The van der Waals surface area contributed by atoms with Crippen molar-refractivity contribution in [2.75, 3.05) is 0 Å². The normalized spacial score (nSPS) is 27.5. The standard InChI is InChI=1S/C19H20N2/c1-2-4-14(5-3-1)16-7-9-17(20-13-16)8-6-15-12-18-10-11-19(15)21-18/h1-9,13,15,18-19,21H,10-12H2. The second-order valence-corrected chi connectivity index (χ2v) is 6.14. The van der Waals surface area contributed by atoms with Gasteiger partial charge in [0.2, 0.25) is 0 Å². The molecule has 0 saturated carbocycles. The molecule has 1 aromatic heterocycles. The van der Waals surface area contributed by atoms with Gasteiger partial charge in [-0.2, -0.15) is 0 Å². The lowest BCUT2D eigenvalue weighted by molar-refractivity contribution is 0.481. The molecule has 2 bridgehead atoms. The average Bonchev–Trinajstić information content (AvgIpc) is 3.17. The Bertz CT molecular complexity index is 630. The SMILES string of the molecule is C(=CC1CC2CCC1N2)c1ccc(-c2ccccc2)cn1. The van der Waals surface area contributed by atoms with Crippen LogP contribution >= 0.6 is 0 Å². The lowest BCUT2D eigenvalue weighted by Crippen LogP contribution is -2.21.